The number of fused-ring (bicyclic) bond motifs is 2. The summed E-state index contributed by atoms with van der Waals surface area (Å²) in [5, 5.41) is 17.9. The van der Waals surface area contributed by atoms with Crippen LogP contribution in [0.4, 0.5) is 19.4 Å². The summed E-state index contributed by atoms with van der Waals surface area (Å²) >= 11 is 6.89. The van der Waals surface area contributed by atoms with Gasteiger partial charge in [-0.05, 0) is 86.5 Å². The summed E-state index contributed by atoms with van der Waals surface area (Å²) in [5.41, 5.74) is 0.371. The molecule has 12 nitrogen and oxygen atoms in total. The molecule has 0 bridgehead atoms. The number of benzene rings is 4. The molecule has 2 atom stereocenters. The second kappa shape index (κ2) is 15.5. The van der Waals surface area contributed by atoms with Gasteiger partial charge in [-0.15, -0.1) is 0 Å². The van der Waals surface area contributed by atoms with Crippen molar-refractivity contribution in [1.82, 2.24) is 24.6 Å². The molecule has 0 aliphatic rings. The number of alkyl carbamates (subject to hydrolysis) is 1. The van der Waals surface area contributed by atoms with E-state index in [0.29, 0.717) is 16.7 Å². The minimum absolute atomic E-state index is 0.0522. The Bertz CT molecular complexity index is 2560. The van der Waals surface area contributed by atoms with Gasteiger partial charge in [0.25, 0.3) is 5.56 Å². The zero-order chi connectivity index (χ0) is 39.8. The fourth-order valence-corrected chi connectivity index (χ4v) is 7.18. The molecule has 0 saturated heterocycles. The maximum atomic E-state index is 14.8. The van der Waals surface area contributed by atoms with Crippen LogP contribution in [0.3, 0.4) is 0 Å². The zero-order valence-corrected chi connectivity index (χ0v) is 32.3. The number of carbonyl (C=O) groups is 1. The van der Waals surface area contributed by atoms with Crippen LogP contribution in [0.5, 0.6) is 5.75 Å². The molecule has 0 spiro atoms. The van der Waals surface area contributed by atoms with Crippen molar-refractivity contribution in [2.24, 2.45) is 7.05 Å². The largest absolute Gasteiger partial charge is 0.497 e. The van der Waals surface area contributed by atoms with Crippen LogP contribution in [0, 0.1) is 23.0 Å². The van der Waals surface area contributed by atoms with E-state index in [9.17, 15) is 27.8 Å². The van der Waals surface area contributed by atoms with Crippen LogP contribution < -0.4 is 19.9 Å². The second-order valence-corrected chi connectivity index (χ2v) is 15.4. The van der Waals surface area contributed by atoms with E-state index in [0.717, 1.165) is 23.8 Å². The van der Waals surface area contributed by atoms with Crippen molar-refractivity contribution >= 4 is 56.3 Å². The summed E-state index contributed by atoms with van der Waals surface area (Å²) in [5.74, 6) is -0.823. The number of nitriles is 1. The number of aromatic nitrogens is 4. The minimum atomic E-state index is -1.61. The summed E-state index contributed by atoms with van der Waals surface area (Å²) in [6.45, 7) is 5.18. The number of nitrogens with zero attached hydrogens (tertiary/aromatic N) is 6. The normalized spacial score (nSPS) is 12.7. The van der Waals surface area contributed by atoms with Gasteiger partial charge in [0.05, 0.1) is 63.8 Å². The molecule has 0 radical (unpaired) electrons. The molecular weight excluding hydrogens is 752 g/mol. The fourth-order valence-electron chi connectivity index (χ4n) is 6.24. The zero-order valence-electron chi connectivity index (χ0n) is 30.7. The van der Waals surface area contributed by atoms with Crippen molar-refractivity contribution in [2.45, 2.75) is 45.4 Å². The first-order chi connectivity index (χ1) is 26.1. The summed E-state index contributed by atoms with van der Waals surface area (Å²) in [7, 11) is 1.59. The Kier molecular flexibility index (Phi) is 10.9. The first kappa shape index (κ1) is 38.9. The average molecular weight is 788 g/mol. The first-order valence-electron chi connectivity index (χ1n) is 16.9. The van der Waals surface area contributed by atoms with Crippen LogP contribution in [-0.4, -0.2) is 48.6 Å². The van der Waals surface area contributed by atoms with Gasteiger partial charge in [0.1, 0.15) is 39.8 Å². The average Bonchev–Trinajstić information content (AvgIpc) is 3.46. The molecule has 16 heteroatoms. The number of methoxy groups -OCH3 is 1. The van der Waals surface area contributed by atoms with E-state index in [1.54, 1.807) is 63.5 Å². The third kappa shape index (κ3) is 8.30. The number of nitrogens with one attached hydrogen (secondary N) is 1. The van der Waals surface area contributed by atoms with Crippen LogP contribution >= 0.6 is 11.6 Å². The Balaban J connectivity index is 1.62. The quantitative estimate of drug-likeness (QED) is 0.154. The lowest BCUT2D eigenvalue weighted by atomic mass is 10.0. The summed E-state index contributed by atoms with van der Waals surface area (Å²) < 4.78 is 57.5. The SMILES string of the molecule is COc1ccc(CN(c2nn(C)c3c(-n4c(C(Cc5cc(F)cc(F)c5)NC(=O)OC(C)(C)C)nc5cc(C#N)ccc5c4=O)ccc(Cl)c23)S(C)=O)cc1. The molecule has 0 aliphatic carbocycles. The van der Waals surface area contributed by atoms with E-state index in [1.807, 2.05) is 18.2 Å². The highest BCUT2D eigenvalue weighted by Crippen LogP contribution is 2.38. The lowest BCUT2D eigenvalue weighted by molar-refractivity contribution is 0.0500. The Morgan fingerprint density at radius 1 is 1.05 bits per heavy atom. The maximum Gasteiger partial charge on any atom is 0.408 e. The molecule has 0 aliphatic heterocycles. The van der Waals surface area contributed by atoms with Gasteiger partial charge in [-0.2, -0.15) is 10.4 Å². The van der Waals surface area contributed by atoms with Crippen LogP contribution in [0.1, 0.15) is 49.3 Å². The van der Waals surface area contributed by atoms with Crippen LogP contribution in [0.15, 0.2) is 77.6 Å². The van der Waals surface area contributed by atoms with Crippen molar-refractivity contribution in [3.63, 3.8) is 0 Å². The van der Waals surface area contributed by atoms with E-state index in [2.05, 4.69) is 5.32 Å². The van der Waals surface area contributed by atoms with Crippen LogP contribution in [0.2, 0.25) is 5.02 Å². The molecule has 2 unspecified atom stereocenters. The molecule has 284 valence electrons. The number of aryl methyl sites for hydroxylation is 1. The molecule has 1 amide bonds. The summed E-state index contributed by atoms with van der Waals surface area (Å²) in [6.07, 6.45) is 0.390. The van der Waals surface area contributed by atoms with Gasteiger partial charge in [-0.25, -0.2) is 22.8 Å². The number of halogens is 3. The molecule has 0 fully saturated rings. The van der Waals surface area contributed by atoms with Gasteiger partial charge in [-0.3, -0.25) is 18.3 Å². The standard InChI is InChI=1S/C39H36ClF2N7O5S/c1-39(2,3)54-38(51)45-31(18-24-15-25(41)19-26(42)16-24)35-44-30-17-23(20-43)9-12-28(30)37(50)49(35)32-14-13-29(40)33-34(32)47(4)46-36(33)48(55(6)52)21-22-7-10-27(53-5)11-8-22/h7-17,19,31H,18,21H2,1-6H3,(H,45,51). The van der Waals surface area contributed by atoms with Gasteiger partial charge in [0.15, 0.2) is 5.82 Å². The van der Waals surface area contributed by atoms with E-state index >= 15 is 0 Å². The van der Waals surface area contributed by atoms with Crippen molar-refractivity contribution < 1.29 is 27.3 Å². The number of hydrogen-bond acceptors (Lipinski definition) is 8. The van der Waals surface area contributed by atoms with Gasteiger partial charge in [0, 0.05) is 25.8 Å². The highest BCUT2D eigenvalue weighted by Gasteiger charge is 2.30. The number of carbonyl (C=O) groups excluding carboxylic acids is 1. The minimum Gasteiger partial charge on any atom is -0.497 e. The highest BCUT2D eigenvalue weighted by atomic mass is 35.5. The third-order valence-electron chi connectivity index (χ3n) is 8.56. The smallest absolute Gasteiger partial charge is 0.408 e. The van der Waals surface area contributed by atoms with Gasteiger partial charge >= 0.3 is 6.09 Å². The Morgan fingerprint density at radius 3 is 2.36 bits per heavy atom. The lowest BCUT2D eigenvalue weighted by Gasteiger charge is -2.26. The van der Waals surface area contributed by atoms with Gasteiger partial charge in [-0.1, -0.05) is 23.7 Å². The van der Waals surface area contributed by atoms with Crippen molar-refractivity contribution in [2.75, 3.05) is 17.7 Å². The molecule has 55 heavy (non-hydrogen) atoms. The van der Waals surface area contributed by atoms with Gasteiger partial charge < -0.3 is 14.8 Å². The van der Waals surface area contributed by atoms with E-state index in [1.165, 1.54) is 33.7 Å². The number of amides is 1. The highest BCUT2D eigenvalue weighted by molar-refractivity contribution is 7.85. The Labute approximate surface area is 322 Å². The number of rotatable bonds is 10. The number of anilines is 1. The Morgan fingerprint density at radius 2 is 1.75 bits per heavy atom. The van der Waals surface area contributed by atoms with Crippen molar-refractivity contribution in [3.8, 4) is 17.5 Å². The summed E-state index contributed by atoms with van der Waals surface area (Å²) in [6, 6.07) is 18.5. The molecule has 6 aromatic rings. The lowest BCUT2D eigenvalue weighted by Crippen LogP contribution is -2.39. The van der Waals surface area contributed by atoms with Crippen molar-refractivity contribution in [1.29, 1.82) is 5.26 Å². The van der Waals surface area contributed by atoms with E-state index in [4.69, 9.17) is 31.2 Å². The van der Waals surface area contributed by atoms with E-state index < -0.39 is 45.9 Å². The molecule has 4 aromatic carbocycles. The predicted molar refractivity (Wildman–Crippen MR) is 207 cm³/mol. The van der Waals surface area contributed by atoms with Crippen LogP contribution in [-0.2, 0) is 35.7 Å². The van der Waals surface area contributed by atoms with E-state index in [-0.39, 0.29) is 57.3 Å². The monoisotopic (exact) mass is 787 g/mol. The maximum absolute atomic E-state index is 14.8. The first-order valence-corrected chi connectivity index (χ1v) is 18.8. The number of hydrogen-bond donors (Lipinski definition) is 1. The molecule has 0 saturated carbocycles. The third-order valence-corrected chi connectivity index (χ3v) is 9.80. The molecule has 1 N–H and O–H groups in total. The predicted octanol–water partition coefficient (Wildman–Crippen LogP) is 7.19. The molecule has 6 rings (SSSR count). The fraction of sp³-hybridized carbons (Fsp3) is 0.256. The molecular formula is C39H36ClF2N7O5S. The van der Waals surface area contributed by atoms with Gasteiger partial charge in [0.2, 0.25) is 0 Å². The van der Waals surface area contributed by atoms with Crippen molar-refractivity contribution in [3.05, 3.63) is 122 Å². The van der Waals surface area contributed by atoms with Crippen LogP contribution in [0.25, 0.3) is 27.5 Å². The molecule has 2 heterocycles. The summed E-state index contributed by atoms with van der Waals surface area (Å²) in [4.78, 5) is 33.0. The number of ether oxygens (including phenoxy) is 2. The second-order valence-electron chi connectivity index (χ2n) is 13.7. The topological polar surface area (TPSA) is 144 Å². The Hall–Kier alpha value is -5.85. The molecule has 2 aromatic heterocycles.